The van der Waals surface area contributed by atoms with Crippen LogP contribution in [0.3, 0.4) is 0 Å². The SMILES string of the molecule is O=C(NN=Cc1cccc2nccnc12)C1CCC[NH2+]1. The van der Waals surface area contributed by atoms with Gasteiger partial charge in [-0.1, -0.05) is 12.1 Å². The van der Waals surface area contributed by atoms with E-state index >= 15 is 0 Å². The third kappa shape index (κ3) is 2.65. The lowest BCUT2D eigenvalue weighted by Gasteiger charge is -2.04. The van der Waals surface area contributed by atoms with E-state index in [-0.39, 0.29) is 11.9 Å². The van der Waals surface area contributed by atoms with Crippen LogP contribution in [0.25, 0.3) is 11.0 Å². The molecule has 0 bridgehead atoms. The first-order valence-electron chi connectivity index (χ1n) is 6.70. The monoisotopic (exact) mass is 270 g/mol. The zero-order valence-electron chi connectivity index (χ0n) is 11.0. The Morgan fingerprint density at radius 2 is 2.30 bits per heavy atom. The minimum Gasteiger partial charge on any atom is -0.336 e. The van der Waals surface area contributed by atoms with Gasteiger partial charge < -0.3 is 5.32 Å². The van der Waals surface area contributed by atoms with E-state index in [4.69, 9.17) is 0 Å². The highest BCUT2D eigenvalue weighted by molar-refractivity contribution is 5.96. The summed E-state index contributed by atoms with van der Waals surface area (Å²) in [4.78, 5) is 20.3. The van der Waals surface area contributed by atoms with Gasteiger partial charge in [0.15, 0.2) is 6.04 Å². The Hall–Kier alpha value is -2.34. The Kier molecular flexibility index (Phi) is 3.64. The largest absolute Gasteiger partial charge is 0.336 e. The number of nitrogens with two attached hydrogens (primary N) is 1. The number of fused-ring (bicyclic) bond motifs is 1. The maximum atomic E-state index is 11.8. The molecule has 102 valence electrons. The lowest BCUT2D eigenvalue weighted by molar-refractivity contribution is -0.657. The van der Waals surface area contributed by atoms with Crippen molar-refractivity contribution in [3.8, 4) is 0 Å². The van der Waals surface area contributed by atoms with E-state index in [1.807, 2.05) is 23.5 Å². The number of quaternary nitrogens is 1. The average Bonchev–Trinajstić information content (AvgIpc) is 3.02. The van der Waals surface area contributed by atoms with Gasteiger partial charge in [0.25, 0.3) is 5.91 Å². The molecule has 2 aromatic rings. The number of nitrogens with one attached hydrogen (secondary N) is 1. The van der Waals surface area contributed by atoms with Gasteiger partial charge in [-0.15, -0.1) is 0 Å². The van der Waals surface area contributed by atoms with Crippen LogP contribution in [0.15, 0.2) is 35.7 Å². The number of hydrazone groups is 1. The second kappa shape index (κ2) is 5.75. The summed E-state index contributed by atoms with van der Waals surface area (Å²) in [5.41, 5.74) is 5.02. The predicted molar refractivity (Wildman–Crippen MR) is 75.1 cm³/mol. The number of aromatic nitrogens is 2. The van der Waals surface area contributed by atoms with E-state index in [2.05, 4.69) is 20.5 Å². The molecular formula is C14H16N5O+. The third-order valence-corrected chi connectivity index (χ3v) is 3.42. The van der Waals surface area contributed by atoms with Crippen molar-refractivity contribution >= 4 is 23.2 Å². The standard InChI is InChI=1S/C14H15N5O/c20-14(12-5-2-6-15-12)19-18-9-10-3-1-4-11-13(10)17-8-7-16-11/h1,3-4,7-9,12,15H,2,5-6H2,(H,19,20)/p+1. The van der Waals surface area contributed by atoms with E-state index < -0.39 is 0 Å². The van der Waals surface area contributed by atoms with Gasteiger partial charge in [-0.05, 0) is 6.07 Å². The second-order valence-electron chi connectivity index (χ2n) is 4.78. The molecule has 3 N–H and O–H groups in total. The van der Waals surface area contributed by atoms with Gasteiger partial charge >= 0.3 is 0 Å². The fraction of sp³-hybridized carbons (Fsp3) is 0.286. The Morgan fingerprint density at radius 3 is 3.15 bits per heavy atom. The summed E-state index contributed by atoms with van der Waals surface area (Å²) >= 11 is 0. The Morgan fingerprint density at radius 1 is 1.40 bits per heavy atom. The Bertz CT molecular complexity index is 644. The summed E-state index contributed by atoms with van der Waals surface area (Å²) in [6.45, 7) is 1.01. The smallest absolute Gasteiger partial charge is 0.298 e. The number of benzene rings is 1. The first kappa shape index (κ1) is 12.7. The summed E-state index contributed by atoms with van der Waals surface area (Å²) in [6.07, 6.45) is 6.92. The molecule has 1 aromatic heterocycles. The van der Waals surface area contributed by atoms with Crippen LogP contribution in [0, 0.1) is 0 Å². The van der Waals surface area contributed by atoms with Gasteiger partial charge in [0, 0.05) is 30.8 Å². The molecule has 2 heterocycles. The normalized spacial score (nSPS) is 18.7. The molecule has 0 saturated carbocycles. The van der Waals surface area contributed by atoms with Crippen molar-refractivity contribution < 1.29 is 10.1 Å². The molecule has 1 amide bonds. The molecule has 6 heteroatoms. The summed E-state index contributed by atoms with van der Waals surface area (Å²) in [6, 6.07) is 5.69. The molecular weight excluding hydrogens is 254 g/mol. The van der Waals surface area contributed by atoms with E-state index in [1.165, 1.54) is 0 Å². The van der Waals surface area contributed by atoms with Gasteiger partial charge in [0.05, 0.1) is 23.8 Å². The molecule has 1 atom stereocenters. The second-order valence-corrected chi connectivity index (χ2v) is 4.78. The predicted octanol–water partition coefficient (Wildman–Crippen LogP) is -0.194. The molecule has 1 aliphatic rings. The third-order valence-electron chi connectivity index (χ3n) is 3.42. The van der Waals surface area contributed by atoms with Crippen LogP contribution in [-0.2, 0) is 4.79 Å². The van der Waals surface area contributed by atoms with Crippen LogP contribution in [-0.4, -0.2) is 34.7 Å². The van der Waals surface area contributed by atoms with E-state index in [1.54, 1.807) is 18.6 Å². The van der Waals surface area contributed by atoms with Crippen LogP contribution in [0.2, 0.25) is 0 Å². The number of rotatable bonds is 3. The molecule has 1 unspecified atom stereocenters. The number of nitrogens with zero attached hydrogens (tertiary/aromatic N) is 3. The Labute approximate surface area is 116 Å². The van der Waals surface area contributed by atoms with Crippen molar-refractivity contribution in [2.45, 2.75) is 18.9 Å². The average molecular weight is 270 g/mol. The zero-order valence-corrected chi connectivity index (χ0v) is 11.0. The van der Waals surface area contributed by atoms with Gasteiger partial charge in [0.1, 0.15) is 0 Å². The van der Waals surface area contributed by atoms with Crippen molar-refractivity contribution in [2.24, 2.45) is 5.10 Å². The molecule has 1 aliphatic heterocycles. The molecule has 1 saturated heterocycles. The zero-order chi connectivity index (χ0) is 13.8. The molecule has 1 fully saturated rings. The minimum absolute atomic E-state index is 0.000501. The van der Waals surface area contributed by atoms with Crippen LogP contribution in [0.1, 0.15) is 18.4 Å². The van der Waals surface area contributed by atoms with Crippen LogP contribution < -0.4 is 10.7 Å². The highest BCUT2D eigenvalue weighted by Gasteiger charge is 2.25. The molecule has 0 aliphatic carbocycles. The van der Waals surface area contributed by atoms with Crippen molar-refractivity contribution in [3.63, 3.8) is 0 Å². The topological polar surface area (TPSA) is 83.9 Å². The highest BCUT2D eigenvalue weighted by atomic mass is 16.2. The van der Waals surface area contributed by atoms with Crippen LogP contribution >= 0.6 is 0 Å². The summed E-state index contributed by atoms with van der Waals surface area (Å²) in [7, 11) is 0. The lowest BCUT2D eigenvalue weighted by Crippen LogP contribution is -2.89. The maximum absolute atomic E-state index is 11.8. The van der Waals surface area contributed by atoms with Gasteiger partial charge in [0.2, 0.25) is 0 Å². The van der Waals surface area contributed by atoms with Gasteiger partial charge in [-0.2, -0.15) is 5.10 Å². The van der Waals surface area contributed by atoms with E-state index in [9.17, 15) is 4.79 Å². The molecule has 1 aromatic carbocycles. The maximum Gasteiger partial charge on any atom is 0.298 e. The summed E-state index contributed by atoms with van der Waals surface area (Å²) in [5.74, 6) is -0.0370. The first-order valence-corrected chi connectivity index (χ1v) is 6.70. The van der Waals surface area contributed by atoms with Crippen molar-refractivity contribution in [1.82, 2.24) is 15.4 Å². The fourth-order valence-electron chi connectivity index (χ4n) is 2.38. The van der Waals surface area contributed by atoms with Crippen molar-refractivity contribution in [2.75, 3.05) is 6.54 Å². The molecule has 0 radical (unpaired) electrons. The number of carbonyl (C=O) groups is 1. The summed E-state index contributed by atoms with van der Waals surface area (Å²) in [5, 5.41) is 6.07. The van der Waals surface area contributed by atoms with Crippen LogP contribution in [0.4, 0.5) is 0 Å². The molecule has 0 spiro atoms. The number of para-hydroxylation sites is 1. The molecule has 3 rings (SSSR count). The van der Waals surface area contributed by atoms with E-state index in [0.717, 1.165) is 36.0 Å². The number of hydrogen-bond donors (Lipinski definition) is 2. The van der Waals surface area contributed by atoms with Gasteiger partial charge in [-0.25, -0.2) is 5.43 Å². The van der Waals surface area contributed by atoms with Crippen molar-refractivity contribution in [1.29, 1.82) is 0 Å². The Balaban J connectivity index is 1.72. The lowest BCUT2D eigenvalue weighted by atomic mass is 10.2. The number of carbonyl (C=O) groups excluding carboxylic acids is 1. The first-order chi connectivity index (χ1) is 9.84. The van der Waals surface area contributed by atoms with E-state index in [0.29, 0.717) is 0 Å². The number of hydrogen-bond acceptors (Lipinski definition) is 4. The minimum atomic E-state index is -0.0370. The van der Waals surface area contributed by atoms with Crippen molar-refractivity contribution in [3.05, 3.63) is 36.2 Å². The fourth-order valence-corrected chi connectivity index (χ4v) is 2.38. The molecule has 6 nitrogen and oxygen atoms in total. The van der Waals surface area contributed by atoms with Gasteiger partial charge in [-0.3, -0.25) is 14.8 Å². The number of amides is 1. The highest BCUT2D eigenvalue weighted by Crippen LogP contribution is 2.11. The summed E-state index contributed by atoms with van der Waals surface area (Å²) < 4.78 is 0. The quantitative estimate of drug-likeness (QED) is 0.598. The molecule has 20 heavy (non-hydrogen) atoms. The van der Waals surface area contributed by atoms with Crippen LogP contribution in [0.5, 0.6) is 0 Å².